The molecule has 0 radical (unpaired) electrons. The SMILES string of the molecule is CCOC(=O)CC1(c2ccc(NC(C)=O)cc2)C(O)c2ccccc2C1O. The van der Waals surface area contributed by atoms with Crippen LogP contribution in [0.3, 0.4) is 0 Å². The Balaban J connectivity index is 2.07. The van der Waals surface area contributed by atoms with Crippen LogP contribution in [0.5, 0.6) is 0 Å². The van der Waals surface area contributed by atoms with Crippen LogP contribution in [-0.2, 0) is 19.7 Å². The molecule has 0 bridgehead atoms. The molecule has 142 valence electrons. The lowest BCUT2D eigenvalue weighted by atomic mass is 9.71. The first kappa shape index (κ1) is 19.1. The zero-order chi connectivity index (χ0) is 19.6. The molecule has 0 aliphatic heterocycles. The highest BCUT2D eigenvalue weighted by molar-refractivity contribution is 5.88. The molecule has 2 aromatic rings. The van der Waals surface area contributed by atoms with E-state index in [0.717, 1.165) is 0 Å². The van der Waals surface area contributed by atoms with Crippen LogP contribution in [0.25, 0.3) is 0 Å². The number of amides is 1. The van der Waals surface area contributed by atoms with Crippen LogP contribution in [0, 0.1) is 0 Å². The number of carbonyl (C=O) groups is 2. The van der Waals surface area contributed by atoms with Gasteiger partial charge >= 0.3 is 5.97 Å². The number of rotatable bonds is 5. The molecule has 2 unspecified atom stereocenters. The Morgan fingerprint density at radius 3 is 2.07 bits per heavy atom. The van der Waals surface area contributed by atoms with E-state index in [2.05, 4.69) is 5.32 Å². The predicted octanol–water partition coefficient (Wildman–Crippen LogP) is 2.62. The van der Waals surface area contributed by atoms with Crippen molar-refractivity contribution in [3.8, 4) is 0 Å². The van der Waals surface area contributed by atoms with Crippen molar-refractivity contribution >= 4 is 17.6 Å². The molecular weight excluding hydrogens is 346 g/mol. The standard InChI is InChI=1S/C21H23NO5/c1-3-27-18(24)12-21(14-8-10-15(11-9-14)22-13(2)23)19(25)16-6-4-5-7-17(16)20(21)26/h4-11,19-20,25-26H,3,12H2,1-2H3,(H,22,23). The van der Waals surface area contributed by atoms with Gasteiger partial charge in [0.25, 0.3) is 0 Å². The lowest BCUT2D eigenvalue weighted by Gasteiger charge is -2.36. The predicted molar refractivity (Wildman–Crippen MR) is 100 cm³/mol. The fourth-order valence-electron chi connectivity index (χ4n) is 3.84. The molecule has 3 N–H and O–H groups in total. The number of anilines is 1. The minimum atomic E-state index is -1.26. The third-order valence-electron chi connectivity index (χ3n) is 5.05. The van der Waals surface area contributed by atoms with Gasteiger partial charge < -0.3 is 20.3 Å². The summed E-state index contributed by atoms with van der Waals surface area (Å²) in [6.45, 7) is 3.34. The number of hydrogen-bond donors (Lipinski definition) is 3. The van der Waals surface area contributed by atoms with E-state index in [0.29, 0.717) is 22.4 Å². The first-order valence-corrected chi connectivity index (χ1v) is 8.89. The van der Waals surface area contributed by atoms with Gasteiger partial charge in [0.15, 0.2) is 0 Å². The Kier molecular flexibility index (Phi) is 5.30. The maximum Gasteiger partial charge on any atom is 0.306 e. The highest BCUT2D eigenvalue weighted by atomic mass is 16.5. The number of aliphatic hydroxyl groups excluding tert-OH is 2. The van der Waals surface area contributed by atoms with Crippen LogP contribution in [0.4, 0.5) is 5.69 Å². The van der Waals surface area contributed by atoms with Crippen molar-refractivity contribution in [2.24, 2.45) is 0 Å². The van der Waals surface area contributed by atoms with E-state index in [1.54, 1.807) is 55.5 Å². The van der Waals surface area contributed by atoms with E-state index in [-0.39, 0.29) is 18.9 Å². The van der Waals surface area contributed by atoms with Crippen LogP contribution >= 0.6 is 0 Å². The second-order valence-corrected chi connectivity index (χ2v) is 6.71. The van der Waals surface area contributed by atoms with E-state index >= 15 is 0 Å². The number of benzene rings is 2. The lowest BCUT2D eigenvalue weighted by molar-refractivity contribution is -0.148. The largest absolute Gasteiger partial charge is 0.466 e. The van der Waals surface area contributed by atoms with Gasteiger partial charge in [-0.1, -0.05) is 36.4 Å². The van der Waals surface area contributed by atoms with Gasteiger partial charge in [0, 0.05) is 12.6 Å². The van der Waals surface area contributed by atoms with Crippen LogP contribution in [0.1, 0.15) is 49.2 Å². The van der Waals surface area contributed by atoms with Gasteiger partial charge in [-0.2, -0.15) is 0 Å². The number of carbonyl (C=O) groups excluding carboxylic acids is 2. The van der Waals surface area contributed by atoms with E-state index < -0.39 is 23.6 Å². The molecule has 1 amide bonds. The van der Waals surface area contributed by atoms with Crippen LogP contribution < -0.4 is 5.32 Å². The molecule has 0 heterocycles. The number of fused-ring (bicyclic) bond motifs is 1. The van der Waals surface area contributed by atoms with E-state index in [4.69, 9.17) is 4.74 Å². The summed E-state index contributed by atoms with van der Waals surface area (Å²) >= 11 is 0. The normalized spacial score (nSPS) is 23.6. The number of aliphatic hydroxyl groups is 2. The zero-order valence-electron chi connectivity index (χ0n) is 15.3. The van der Waals surface area contributed by atoms with Crippen molar-refractivity contribution in [3.63, 3.8) is 0 Å². The molecule has 2 aromatic carbocycles. The number of esters is 1. The summed E-state index contributed by atoms with van der Waals surface area (Å²) in [5, 5.41) is 24.9. The lowest BCUT2D eigenvalue weighted by Crippen LogP contribution is -2.38. The third-order valence-corrected chi connectivity index (χ3v) is 5.05. The highest BCUT2D eigenvalue weighted by Crippen LogP contribution is 2.56. The Morgan fingerprint density at radius 1 is 1.04 bits per heavy atom. The summed E-state index contributed by atoms with van der Waals surface area (Å²) < 4.78 is 5.10. The molecule has 27 heavy (non-hydrogen) atoms. The molecule has 2 atom stereocenters. The Bertz CT molecular complexity index is 817. The third kappa shape index (κ3) is 3.34. The van der Waals surface area contributed by atoms with Gasteiger partial charge in [0.05, 0.1) is 30.7 Å². The molecule has 6 heteroatoms. The molecular formula is C21H23NO5. The number of ether oxygens (including phenoxy) is 1. The van der Waals surface area contributed by atoms with Crippen molar-refractivity contribution in [1.82, 2.24) is 0 Å². The van der Waals surface area contributed by atoms with Crippen LogP contribution in [0.15, 0.2) is 48.5 Å². The van der Waals surface area contributed by atoms with Gasteiger partial charge in [0.2, 0.25) is 5.91 Å². The van der Waals surface area contributed by atoms with Crippen molar-refractivity contribution in [3.05, 3.63) is 65.2 Å². The molecule has 6 nitrogen and oxygen atoms in total. The molecule has 0 spiro atoms. The van der Waals surface area contributed by atoms with Crippen molar-refractivity contribution < 1.29 is 24.5 Å². The van der Waals surface area contributed by atoms with Crippen molar-refractivity contribution in [2.45, 2.75) is 37.9 Å². The summed E-state index contributed by atoms with van der Waals surface area (Å²) in [6, 6.07) is 13.9. The zero-order valence-corrected chi connectivity index (χ0v) is 15.3. The number of hydrogen-bond acceptors (Lipinski definition) is 5. The van der Waals surface area contributed by atoms with Gasteiger partial charge in [-0.15, -0.1) is 0 Å². The molecule has 0 saturated carbocycles. The summed E-state index contributed by atoms with van der Waals surface area (Å²) in [6.07, 6.45) is -2.31. The summed E-state index contributed by atoms with van der Waals surface area (Å²) in [4.78, 5) is 23.6. The average Bonchev–Trinajstić information content (AvgIpc) is 2.85. The quantitative estimate of drug-likeness (QED) is 0.704. The van der Waals surface area contributed by atoms with Gasteiger partial charge in [-0.3, -0.25) is 9.59 Å². The molecule has 1 aliphatic rings. The minimum absolute atomic E-state index is 0.169. The highest BCUT2D eigenvalue weighted by Gasteiger charge is 2.54. The Labute approximate surface area is 157 Å². The van der Waals surface area contributed by atoms with Crippen LogP contribution in [-0.4, -0.2) is 28.7 Å². The second kappa shape index (κ2) is 7.50. The van der Waals surface area contributed by atoms with Crippen molar-refractivity contribution in [1.29, 1.82) is 0 Å². The molecule has 0 fully saturated rings. The maximum absolute atomic E-state index is 12.3. The molecule has 1 aliphatic carbocycles. The topological polar surface area (TPSA) is 95.9 Å². The average molecular weight is 369 g/mol. The summed E-state index contributed by atoms with van der Waals surface area (Å²) in [5.41, 5.74) is 1.13. The monoisotopic (exact) mass is 369 g/mol. The maximum atomic E-state index is 12.3. The summed E-state index contributed by atoms with van der Waals surface area (Å²) in [5.74, 6) is -0.688. The fourth-order valence-corrected chi connectivity index (χ4v) is 3.84. The first-order valence-electron chi connectivity index (χ1n) is 8.89. The van der Waals surface area contributed by atoms with E-state index in [1.165, 1.54) is 6.92 Å². The fraction of sp³-hybridized carbons (Fsp3) is 0.333. The van der Waals surface area contributed by atoms with Crippen LogP contribution in [0.2, 0.25) is 0 Å². The second-order valence-electron chi connectivity index (χ2n) is 6.71. The van der Waals surface area contributed by atoms with Gasteiger partial charge in [-0.25, -0.2) is 0 Å². The first-order chi connectivity index (χ1) is 12.9. The molecule has 3 rings (SSSR count). The van der Waals surface area contributed by atoms with Gasteiger partial charge in [-0.05, 0) is 35.7 Å². The van der Waals surface area contributed by atoms with Gasteiger partial charge in [0.1, 0.15) is 0 Å². The Morgan fingerprint density at radius 2 is 1.59 bits per heavy atom. The number of nitrogens with one attached hydrogen (secondary N) is 1. The van der Waals surface area contributed by atoms with Crippen molar-refractivity contribution in [2.75, 3.05) is 11.9 Å². The smallest absolute Gasteiger partial charge is 0.306 e. The minimum Gasteiger partial charge on any atom is -0.466 e. The van der Waals surface area contributed by atoms with E-state index in [1.807, 2.05) is 0 Å². The summed E-state index contributed by atoms with van der Waals surface area (Å²) in [7, 11) is 0. The van der Waals surface area contributed by atoms with E-state index in [9.17, 15) is 19.8 Å². The Hall–Kier alpha value is -2.70. The molecule has 0 saturated heterocycles. The molecule has 0 aromatic heterocycles.